The number of hydrogen-bond donors (Lipinski definition) is 0. The van der Waals surface area contributed by atoms with E-state index < -0.39 is 0 Å². The van der Waals surface area contributed by atoms with E-state index in [0.717, 1.165) is 57.4 Å². The number of nitrogens with zero attached hydrogens (tertiary/aromatic N) is 3. The normalized spacial score (nSPS) is 19.9. The van der Waals surface area contributed by atoms with Crippen LogP contribution in [0.3, 0.4) is 0 Å². The zero-order chi connectivity index (χ0) is 22.8. The highest BCUT2D eigenvalue weighted by molar-refractivity contribution is 5.97. The van der Waals surface area contributed by atoms with Crippen molar-refractivity contribution in [2.75, 3.05) is 31.1 Å². The van der Waals surface area contributed by atoms with Crippen LogP contribution in [0.4, 0.5) is 10.1 Å². The molecular weight excluding hydrogens is 417 g/mol. The van der Waals surface area contributed by atoms with Gasteiger partial charge in [0.2, 0.25) is 11.8 Å². The Balaban J connectivity index is 1.18. The lowest BCUT2D eigenvalue weighted by Gasteiger charge is -2.38. The number of imide groups is 1. The van der Waals surface area contributed by atoms with Gasteiger partial charge in [0.25, 0.3) is 0 Å². The van der Waals surface area contributed by atoms with Crippen LogP contribution in [0.1, 0.15) is 48.8 Å². The highest BCUT2D eigenvalue weighted by Crippen LogP contribution is 2.34. The van der Waals surface area contributed by atoms with Crippen LogP contribution in [-0.2, 0) is 29.0 Å². The SMILES string of the molecule is O=C1CCCC(=O)N1Cc1ccc2c(c1)N(C1CCN(CCc3ccc(F)cc3)CC1)CC2. The molecule has 3 aliphatic rings. The number of carbonyl (C=O) groups is 2. The number of likely N-dealkylation sites (tertiary alicyclic amines) is 2. The fourth-order valence-corrected chi connectivity index (χ4v) is 5.48. The quantitative estimate of drug-likeness (QED) is 0.627. The third-order valence-electron chi connectivity index (χ3n) is 7.43. The molecule has 0 bridgehead atoms. The molecular formula is C27H32FN3O2. The predicted octanol–water partition coefficient (Wildman–Crippen LogP) is 3.93. The van der Waals surface area contributed by atoms with E-state index in [1.807, 2.05) is 12.1 Å². The summed E-state index contributed by atoms with van der Waals surface area (Å²) in [6.07, 6.45) is 5.91. The number of rotatable bonds is 6. The summed E-state index contributed by atoms with van der Waals surface area (Å²) in [6, 6.07) is 13.8. The van der Waals surface area contributed by atoms with E-state index in [2.05, 4.69) is 28.0 Å². The number of halogens is 1. The number of benzene rings is 2. The van der Waals surface area contributed by atoms with E-state index in [1.54, 1.807) is 0 Å². The molecule has 2 saturated heterocycles. The Hall–Kier alpha value is -2.73. The average molecular weight is 450 g/mol. The molecule has 2 aromatic rings. The second kappa shape index (κ2) is 9.64. The summed E-state index contributed by atoms with van der Waals surface area (Å²) in [6.45, 7) is 4.60. The van der Waals surface area contributed by atoms with Gasteiger partial charge in [0.05, 0.1) is 6.54 Å². The lowest BCUT2D eigenvalue weighted by Crippen LogP contribution is -2.45. The molecule has 0 radical (unpaired) electrons. The van der Waals surface area contributed by atoms with Crippen LogP contribution in [-0.4, -0.2) is 53.8 Å². The molecule has 2 amide bonds. The van der Waals surface area contributed by atoms with E-state index in [0.29, 0.717) is 31.8 Å². The monoisotopic (exact) mass is 449 g/mol. The average Bonchev–Trinajstić information content (AvgIpc) is 3.25. The zero-order valence-corrected chi connectivity index (χ0v) is 19.1. The molecule has 0 aliphatic carbocycles. The van der Waals surface area contributed by atoms with Crippen molar-refractivity contribution in [2.24, 2.45) is 0 Å². The lowest BCUT2D eigenvalue weighted by molar-refractivity contribution is -0.148. The van der Waals surface area contributed by atoms with Crippen molar-refractivity contribution < 1.29 is 14.0 Å². The van der Waals surface area contributed by atoms with Crippen molar-refractivity contribution in [3.8, 4) is 0 Å². The van der Waals surface area contributed by atoms with Gasteiger partial charge in [-0.15, -0.1) is 0 Å². The Morgan fingerprint density at radius 1 is 0.848 bits per heavy atom. The number of fused-ring (bicyclic) bond motifs is 1. The molecule has 0 unspecified atom stereocenters. The zero-order valence-electron chi connectivity index (χ0n) is 19.1. The van der Waals surface area contributed by atoms with Gasteiger partial charge in [-0.2, -0.15) is 0 Å². The number of piperidine rings is 2. The fraction of sp³-hybridized carbons (Fsp3) is 0.481. The minimum absolute atomic E-state index is 0.0448. The van der Waals surface area contributed by atoms with Crippen molar-refractivity contribution >= 4 is 17.5 Å². The summed E-state index contributed by atoms with van der Waals surface area (Å²) in [5.41, 5.74) is 4.88. The molecule has 0 spiro atoms. The molecule has 174 valence electrons. The first-order chi connectivity index (χ1) is 16.1. The van der Waals surface area contributed by atoms with Gasteiger partial charge in [0, 0.05) is 50.7 Å². The van der Waals surface area contributed by atoms with Crippen LogP contribution in [0.15, 0.2) is 42.5 Å². The topological polar surface area (TPSA) is 43.9 Å². The van der Waals surface area contributed by atoms with Crippen molar-refractivity contribution in [3.05, 3.63) is 65.0 Å². The van der Waals surface area contributed by atoms with E-state index in [-0.39, 0.29) is 17.6 Å². The minimum Gasteiger partial charge on any atom is -0.368 e. The maximum Gasteiger partial charge on any atom is 0.229 e. The summed E-state index contributed by atoms with van der Waals surface area (Å²) in [5, 5.41) is 0. The molecule has 0 aromatic heterocycles. The predicted molar refractivity (Wildman–Crippen MR) is 126 cm³/mol. The molecule has 2 fully saturated rings. The largest absolute Gasteiger partial charge is 0.368 e. The van der Waals surface area contributed by atoms with Crippen LogP contribution in [0.5, 0.6) is 0 Å². The number of amides is 2. The highest BCUT2D eigenvalue weighted by atomic mass is 19.1. The van der Waals surface area contributed by atoms with Crippen LogP contribution >= 0.6 is 0 Å². The Bertz CT molecular complexity index is 999. The molecule has 5 nitrogen and oxygen atoms in total. The minimum atomic E-state index is -0.178. The first-order valence-corrected chi connectivity index (χ1v) is 12.3. The van der Waals surface area contributed by atoms with E-state index >= 15 is 0 Å². The van der Waals surface area contributed by atoms with Crippen molar-refractivity contribution in [1.82, 2.24) is 9.80 Å². The summed E-state index contributed by atoms with van der Waals surface area (Å²) >= 11 is 0. The molecule has 5 rings (SSSR count). The van der Waals surface area contributed by atoms with Crippen molar-refractivity contribution in [3.63, 3.8) is 0 Å². The van der Waals surface area contributed by atoms with Gasteiger partial charge in [-0.25, -0.2) is 4.39 Å². The molecule has 3 heterocycles. The number of carbonyl (C=O) groups excluding carboxylic acids is 2. The third kappa shape index (κ3) is 4.96. The van der Waals surface area contributed by atoms with Gasteiger partial charge in [0.15, 0.2) is 0 Å². The summed E-state index contributed by atoms with van der Waals surface area (Å²) < 4.78 is 13.1. The molecule has 0 N–H and O–H groups in total. The molecule has 3 aliphatic heterocycles. The second-order valence-electron chi connectivity index (χ2n) is 9.58. The summed E-state index contributed by atoms with van der Waals surface area (Å²) in [4.78, 5) is 30.9. The van der Waals surface area contributed by atoms with Crippen LogP contribution in [0, 0.1) is 5.82 Å². The first-order valence-electron chi connectivity index (χ1n) is 12.3. The molecule has 2 aromatic carbocycles. The van der Waals surface area contributed by atoms with Gasteiger partial charge >= 0.3 is 0 Å². The maximum absolute atomic E-state index is 13.1. The van der Waals surface area contributed by atoms with E-state index in [9.17, 15) is 14.0 Å². The lowest BCUT2D eigenvalue weighted by atomic mass is 10.0. The fourth-order valence-electron chi connectivity index (χ4n) is 5.48. The van der Waals surface area contributed by atoms with Crippen LogP contribution < -0.4 is 4.90 Å². The summed E-state index contributed by atoms with van der Waals surface area (Å²) in [5.74, 6) is -0.268. The second-order valence-corrected chi connectivity index (χ2v) is 9.58. The van der Waals surface area contributed by atoms with Crippen LogP contribution in [0.25, 0.3) is 0 Å². The maximum atomic E-state index is 13.1. The molecule has 0 atom stereocenters. The van der Waals surface area contributed by atoms with E-state index in [1.165, 1.54) is 33.8 Å². The molecule has 0 saturated carbocycles. The Kier molecular flexibility index (Phi) is 6.45. The molecule has 6 heteroatoms. The van der Waals surface area contributed by atoms with Crippen molar-refractivity contribution in [2.45, 2.75) is 57.5 Å². The molecule has 33 heavy (non-hydrogen) atoms. The Morgan fingerprint density at radius 2 is 1.55 bits per heavy atom. The summed E-state index contributed by atoms with van der Waals surface area (Å²) in [7, 11) is 0. The van der Waals surface area contributed by atoms with Gasteiger partial charge in [0.1, 0.15) is 5.82 Å². The third-order valence-corrected chi connectivity index (χ3v) is 7.43. The Labute approximate surface area is 195 Å². The smallest absolute Gasteiger partial charge is 0.229 e. The van der Waals surface area contributed by atoms with Gasteiger partial charge in [-0.1, -0.05) is 24.3 Å². The van der Waals surface area contributed by atoms with E-state index in [4.69, 9.17) is 0 Å². The standard InChI is InChI=1S/C27H32FN3O2/c28-23-8-5-20(6-9-23)10-14-29-15-12-24(13-16-29)30-17-11-22-7-4-21(18-25(22)30)19-31-26(32)2-1-3-27(31)33/h4-9,18,24H,1-3,10-17,19H2. The van der Waals surface area contributed by atoms with Gasteiger partial charge < -0.3 is 9.80 Å². The van der Waals surface area contributed by atoms with Gasteiger partial charge in [-0.3, -0.25) is 14.5 Å². The van der Waals surface area contributed by atoms with Gasteiger partial charge in [-0.05, 0) is 67.0 Å². The number of anilines is 1. The Morgan fingerprint density at radius 3 is 2.27 bits per heavy atom. The number of hydrogen-bond acceptors (Lipinski definition) is 4. The first kappa shape index (κ1) is 22.1. The highest BCUT2D eigenvalue weighted by Gasteiger charge is 2.30. The van der Waals surface area contributed by atoms with Crippen LogP contribution in [0.2, 0.25) is 0 Å². The van der Waals surface area contributed by atoms with Crippen molar-refractivity contribution in [1.29, 1.82) is 0 Å².